The van der Waals surface area contributed by atoms with Crippen molar-refractivity contribution in [3.8, 4) is 17.0 Å². The van der Waals surface area contributed by atoms with Crippen LogP contribution in [0.4, 0.5) is 0 Å². The number of aromatic nitrogens is 3. The van der Waals surface area contributed by atoms with Crippen LogP contribution in [0.25, 0.3) is 16.8 Å². The number of nitrogens with zero attached hydrogens (tertiary/aromatic N) is 3. The van der Waals surface area contributed by atoms with Crippen molar-refractivity contribution in [3.05, 3.63) is 48.0 Å². The number of ether oxygens (including phenoxy) is 1. The van der Waals surface area contributed by atoms with Crippen LogP contribution < -0.4 is 4.74 Å². The highest BCUT2D eigenvalue weighted by Crippen LogP contribution is 2.25. The first-order valence-corrected chi connectivity index (χ1v) is 8.12. The lowest BCUT2D eigenvalue weighted by molar-refractivity contribution is 0.232. The van der Waals surface area contributed by atoms with E-state index in [0.29, 0.717) is 5.88 Å². The zero-order chi connectivity index (χ0) is 17.0. The monoisotopic (exact) mass is 311 g/mol. The number of fused-ring (bicyclic) bond motifs is 1. The Hall–Kier alpha value is -2.36. The zero-order valence-electron chi connectivity index (χ0n) is 14.8. The summed E-state index contributed by atoms with van der Waals surface area (Å²) in [7, 11) is 0. The van der Waals surface area contributed by atoms with Gasteiger partial charge in [0.05, 0.1) is 6.10 Å². The molecule has 0 aliphatic heterocycles. The first kappa shape index (κ1) is 17.0. The summed E-state index contributed by atoms with van der Waals surface area (Å²) in [6.07, 6.45) is 6.00. The number of hydrogen-bond acceptors (Lipinski definition) is 3. The van der Waals surface area contributed by atoms with Crippen LogP contribution in [-0.2, 0) is 0 Å². The van der Waals surface area contributed by atoms with Gasteiger partial charge in [-0.1, -0.05) is 13.8 Å². The lowest BCUT2D eigenvalue weighted by atomic mass is 10.0. The fourth-order valence-electron chi connectivity index (χ4n) is 2.39. The summed E-state index contributed by atoms with van der Waals surface area (Å²) >= 11 is 0. The largest absolute Gasteiger partial charge is 0.475 e. The average Bonchev–Trinajstić information content (AvgIpc) is 2.89. The third kappa shape index (κ3) is 3.70. The Morgan fingerprint density at radius 2 is 1.78 bits per heavy atom. The summed E-state index contributed by atoms with van der Waals surface area (Å²) in [6.45, 7) is 12.1. The summed E-state index contributed by atoms with van der Waals surface area (Å²) < 4.78 is 7.68. The molecule has 0 atom stereocenters. The molecule has 3 aromatic rings. The maximum Gasteiger partial charge on any atom is 0.213 e. The SMILES string of the molecule is CC.Cc1cc2ncc(C)n2cc1-c1ccc(OC(C)C)nc1. The molecule has 3 rings (SSSR count). The van der Waals surface area contributed by atoms with E-state index in [0.717, 1.165) is 22.5 Å². The molecule has 3 aromatic heterocycles. The molecule has 0 unspecified atom stereocenters. The van der Waals surface area contributed by atoms with E-state index in [-0.39, 0.29) is 6.10 Å². The number of pyridine rings is 2. The zero-order valence-corrected chi connectivity index (χ0v) is 14.8. The van der Waals surface area contributed by atoms with Crippen molar-refractivity contribution in [2.24, 2.45) is 0 Å². The molecule has 122 valence electrons. The topological polar surface area (TPSA) is 39.4 Å². The molecular formula is C19H25N3O. The highest BCUT2D eigenvalue weighted by Gasteiger charge is 2.08. The number of aryl methyl sites for hydroxylation is 2. The van der Waals surface area contributed by atoms with Crippen LogP contribution in [0, 0.1) is 13.8 Å². The lowest BCUT2D eigenvalue weighted by Gasteiger charge is -2.11. The molecule has 0 N–H and O–H groups in total. The van der Waals surface area contributed by atoms with E-state index in [1.807, 2.05) is 52.2 Å². The van der Waals surface area contributed by atoms with Crippen LogP contribution >= 0.6 is 0 Å². The molecule has 0 bridgehead atoms. The van der Waals surface area contributed by atoms with Gasteiger partial charge in [0.2, 0.25) is 5.88 Å². The summed E-state index contributed by atoms with van der Waals surface area (Å²) in [5, 5.41) is 0. The second-order valence-corrected chi connectivity index (χ2v) is 5.55. The van der Waals surface area contributed by atoms with Gasteiger partial charge in [-0.15, -0.1) is 0 Å². The van der Waals surface area contributed by atoms with Crippen molar-refractivity contribution in [2.75, 3.05) is 0 Å². The van der Waals surface area contributed by atoms with Gasteiger partial charge in [-0.25, -0.2) is 9.97 Å². The van der Waals surface area contributed by atoms with Crippen LogP contribution in [0.15, 0.2) is 36.8 Å². The molecular weight excluding hydrogens is 286 g/mol. The van der Waals surface area contributed by atoms with E-state index in [4.69, 9.17) is 4.74 Å². The third-order valence-electron chi connectivity index (χ3n) is 3.44. The Morgan fingerprint density at radius 1 is 1.04 bits per heavy atom. The molecule has 0 fully saturated rings. The van der Waals surface area contributed by atoms with Crippen molar-refractivity contribution in [2.45, 2.75) is 47.6 Å². The van der Waals surface area contributed by atoms with Gasteiger partial charge in [0.25, 0.3) is 0 Å². The van der Waals surface area contributed by atoms with E-state index in [1.165, 1.54) is 5.56 Å². The van der Waals surface area contributed by atoms with Gasteiger partial charge < -0.3 is 9.14 Å². The predicted octanol–water partition coefficient (Wildman–Crippen LogP) is 4.83. The Balaban J connectivity index is 0.000000924. The van der Waals surface area contributed by atoms with Crippen molar-refractivity contribution < 1.29 is 4.74 Å². The van der Waals surface area contributed by atoms with Gasteiger partial charge in [-0.2, -0.15) is 0 Å². The fraction of sp³-hybridized carbons (Fsp3) is 0.368. The second-order valence-electron chi connectivity index (χ2n) is 5.55. The van der Waals surface area contributed by atoms with Crippen molar-refractivity contribution in [1.82, 2.24) is 14.4 Å². The van der Waals surface area contributed by atoms with E-state index in [2.05, 4.69) is 40.5 Å². The molecule has 0 saturated heterocycles. The first-order valence-electron chi connectivity index (χ1n) is 8.12. The highest BCUT2D eigenvalue weighted by molar-refractivity contribution is 5.68. The number of imidazole rings is 1. The van der Waals surface area contributed by atoms with Gasteiger partial charge in [-0.05, 0) is 45.4 Å². The summed E-state index contributed by atoms with van der Waals surface area (Å²) in [4.78, 5) is 8.77. The first-order chi connectivity index (χ1) is 11.0. The molecule has 0 aliphatic carbocycles. The molecule has 0 spiro atoms. The Labute approximate surface area is 138 Å². The minimum atomic E-state index is 0.134. The van der Waals surface area contributed by atoms with E-state index in [1.54, 1.807) is 0 Å². The summed E-state index contributed by atoms with van der Waals surface area (Å²) in [5.41, 5.74) is 5.53. The van der Waals surface area contributed by atoms with Gasteiger partial charge >= 0.3 is 0 Å². The van der Waals surface area contributed by atoms with Crippen LogP contribution in [0.1, 0.15) is 39.0 Å². The quantitative estimate of drug-likeness (QED) is 0.695. The molecule has 23 heavy (non-hydrogen) atoms. The van der Waals surface area contributed by atoms with Crippen LogP contribution in [0.2, 0.25) is 0 Å². The van der Waals surface area contributed by atoms with Gasteiger partial charge in [0.15, 0.2) is 0 Å². The summed E-state index contributed by atoms with van der Waals surface area (Å²) in [6, 6.07) is 6.06. The molecule has 0 aliphatic rings. The Morgan fingerprint density at radius 3 is 2.39 bits per heavy atom. The second kappa shape index (κ2) is 7.27. The average molecular weight is 311 g/mol. The Kier molecular flexibility index (Phi) is 5.37. The third-order valence-corrected chi connectivity index (χ3v) is 3.44. The molecule has 0 radical (unpaired) electrons. The lowest BCUT2D eigenvalue weighted by Crippen LogP contribution is -2.06. The highest BCUT2D eigenvalue weighted by atomic mass is 16.5. The maximum absolute atomic E-state index is 5.59. The van der Waals surface area contributed by atoms with Gasteiger partial charge in [0.1, 0.15) is 5.65 Å². The minimum absolute atomic E-state index is 0.134. The molecule has 0 amide bonds. The van der Waals surface area contributed by atoms with E-state index >= 15 is 0 Å². The van der Waals surface area contributed by atoms with Crippen molar-refractivity contribution >= 4 is 5.65 Å². The van der Waals surface area contributed by atoms with Gasteiger partial charge in [-0.3, -0.25) is 0 Å². The van der Waals surface area contributed by atoms with Crippen LogP contribution in [0.3, 0.4) is 0 Å². The molecule has 4 heteroatoms. The fourth-order valence-corrected chi connectivity index (χ4v) is 2.39. The minimum Gasteiger partial charge on any atom is -0.475 e. The van der Waals surface area contributed by atoms with Crippen molar-refractivity contribution in [1.29, 1.82) is 0 Å². The number of hydrogen-bond donors (Lipinski definition) is 0. The molecule has 3 heterocycles. The molecule has 0 saturated carbocycles. The normalized spacial score (nSPS) is 10.6. The van der Waals surface area contributed by atoms with E-state index < -0.39 is 0 Å². The predicted molar refractivity (Wildman–Crippen MR) is 95.0 cm³/mol. The Bertz CT molecular complexity index is 773. The molecule has 0 aromatic carbocycles. The van der Waals surface area contributed by atoms with E-state index in [9.17, 15) is 0 Å². The van der Waals surface area contributed by atoms with Gasteiger partial charge in [0, 0.05) is 41.5 Å². The smallest absolute Gasteiger partial charge is 0.213 e. The summed E-state index contributed by atoms with van der Waals surface area (Å²) in [5.74, 6) is 0.659. The standard InChI is InChI=1S/C17H19N3O.C2H6/c1-11(2)21-17-6-5-14(9-19-17)15-10-20-13(4)8-18-16(20)7-12(15)3;1-2/h5-11H,1-4H3;1-2H3. The van der Waals surface area contributed by atoms with Crippen LogP contribution in [0.5, 0.6) is 5.88 Å². The van der Waals surface area contributed by atoms with Crippen LogP contribution in [-0.4, -0.2) is 20.5 Å². The molecule has 4 nitrogen and oxygen atoms in total. The maximum atomic E-state index is 5.59. The number of rotatable bonds is 3. The van der Waals surface area contributed by atoms with Crippen molar-refractivity contribution in [3.63, 3.8) is 0 Å².